The molecule has 2 saturated carbocycles. The van der Waals surface area contributed by atoms with E-state index in [1.807, 2.05) is 0 Å². The molecular formula is C10H12O4. The molecule has 4 nitrogen and oxygen atoms in total. The van der Waals surface area contributed by atoms with Crippen LogP contribution in [0.2, 0.25) is 0 Å². The molecule has 2 rings (SSSR count). The van der Waals surface area contributed by atoms with Crippen molar-refractivity contribution in [2.45, 2.75) is 19.8 Å². The summed E-state index contributed by atoms with van der Waals surface area (Å²) in [5, 5.41) is 9.44. The first-order valence-electron chi connectivity index (χ1n) is 4.78. The van der Waals surface area contributed by atoms with Crippen LogP contribution in [0.1, 0.15) is 19.8 Å². The fraction of sp³-hybridized carbons (Fsp3) is 0.600. The van der Waals surface area contributed by atoms with Crippen molar-refractivity contribution in [1.29, 1.82) is 0 Å². The van der Waals surface area contributed by atoms with Gasteiger partial charge in [0.15, 0.2) is 5.78 Å². The van der Waals surface area contributed by atoms with Crippen molar-refractivity contribution in [1.82, 2.24) is 0 Å². The number of rotatable bonds is 2. The van der Waals surface area contributed by atoms with Gasteiger partial charge in [-0.3, -0.25) is 4.79 Å². The van der Waals surface area contributed by atoms with Crippen LogP contribution in [0.4, 0.5) is 0 Å². The normalized spacial score (nSPS) is 32.5. The smallest absolute Gasteiger partial charge is 0.373 e. The van der Waals surface area contributed by atoms with Gasteiger partial charge in [-0.1, -0.05) is 0 Å². The topological polar surface area (TPSA) is 63.6 Å². The van der Waals surface area contributed by atoms with Crippen LogP contribution in [0, 0.1) is 11.8 Å². The number of aliphatic hydroxyl groups is 1. The maximum absolute atomic E-state index is 11.5. The van der Waals surface area contributed by atoms with E-state index in [1.54, 1.807) is 6.92 Å². The van der Waals surface area contributed by atoms with Gasteiger partial charge in [0.2, 0.25) is 5.76 Å². The molecule has 0 aromatic rings. The molecule has 2 aliphatic carbocycles. The summed E-state index contributed by atoms with van der Waals surface area (Å²) >= 11 is 0. The van der Waals surface area contributed by atoms with Crippen molar-refractivity contribution >= 4 is 11.8 Å². The highest BCUT2D eigenvalue weighted by molar-refractivity contribution is 6.07. The Balaban J connectivity index is 2.15. The zero-order chi connectivity index (χ0) is 10.3. The van der Waals surface area contributed by atoms with Crippen LogP contribution >= 0.6 is 0 Å². The van der Waals surface area contributed by atoms with Crippen LogP contribution in [0.15, 0.2) is 11.3 Å². The first kappa shape index (κ1) is 9.24. The van der Waals surface area contributed by atoms with Gasteiger partial charge in [-0.05, 0) is 25.7 Å². The van der Waals surface area contributed by atoms with Crippen LogP contribution in [0.3, 0.4) is 0 Å². The summed E-state index contributed by atoms with van der Waals surface area (Å²) in [5.74, 6) is -0.891. The highest BCUT2D eigenvalue weighted by atomic mass is 16.5. The summed E-state index contributed by atoms with van der Waals surface area (Å²) in [4.78, 5) is 22.6. The van der Waals surface area contributed by atoms with Crippen molar-refractivity contribution in [2.24, 2.45) is 11.8 Å². The number of ketones is 1. The van der Waals surface area contributed by atoms with Gasteiger partial charge < -0.3 is 9.84 Å². The Hall–Kier alpha value is -1.32. The second-order valence-electron chi connectivity index (χ2n) is 3.72. The lowest BCUT2D eigenvalue weighted by atomic mass is 10.1. The molecule has 0 aliphatic heterocycles. The largest absolute Gasteiger partial charge is 0.502 e. The minimum absolute atomic E-state index is 0.0689. The molecule has 2 fully saturated rings. The number of ether oxygens (including phenoxy) is 1. The number of aliphatic hydroxyl groups excluding tert-OH is 1. The Morgan fingerprint density at radius 2 is 2.36 bits per heavy atom. The molecule has 0 aromatic carbocycles. The summed E-state index contributed by atoms with van der Waals surface area (Å²) in [6, 6.07) is 0. The summed E-state index contributed by atoms with van der Waals surface area (Å²) < 4.78 is 4.62. The molecule has 2 aliphatic rings. The van der Waals surface area contributed by atoms with Gasteiger partial charge in [0.05, 0.1) is 6.61 Å². The molecule has 1 N–H and O–H groups in total. The molecule has 0 spiro atoms. The van der Waals surface area contributed by atoms with Gasteiger partial charge in [0.25, 0.3) is 0 Å². The van der Waals surface area contributed by atoms with Crippen molar-refractivity contribution in [3.05, 3.63) is 11.3 Å². The average molecular weight is 196 g/mol. The number of fused-ring (bicyclic) bond motifs is 1. The third kappa shape index (κ3) is 1.31. The zero-order valence-corrected chi connectivity index (χ0v) is 7.95. The zero-order valence-electron chi connectivity index (χ0n) is 7.95. The van der Waals surface area contributed by atoms with E-state index in [1.165, 1.54) is 0 Å². The summed E-state index contributed by atoms with van der Waals surface area (Å²) in [7, 11) is 0. The lowest BCUT2D eigenvalue weighted by Gasteiger charge is -2.04. The van der Waals surface area contributed by atoms with Gasteiger partial charge >= 0.3 is 5.97 Å². The Kier molecular flexibility index (Phi) is 2.06. The van der Waals surface area contributed by atoms with E-state index in [9.17, 15) is 14.7 Å². The number of allylic oxidation sites excluding steroid dienone is 1. The Labute approximate surface area is 81.6 Å². The Bertz CT molecular complexity index is 329. The fourth-order valence-electron chi connectivity index (χ4n) is 1.92. The van der Waals surface area contributed by atoms with Gasteiger partial charge in [-0.25, -0.2) is 4.79 Å². The number of carbonyl (C=O) groups is 2. The van der Waals surface area contributed by atoms with Gasteiger partial charge in [-0.2, -0.15) is 0 Å². The molecule has 0 heterocycles. The standard InChI is InChI=1S/C10H12O4/c1-2-14-10(13)9(12)7-4-5-3-6(5)8(7)11/h5-6,12H,2-4H2,1H3/t5-,6-/m1/s1. The van der Waals surface area contributed by atoms with E-state index in [0.29, 0.717) is 12.3 Å². The van der Waals surface area contributed by atoms with Crippen LogP contribution in [0.5, 0.6) is 0 Å². The van der Waals surface area contributed by atoms with E-state index >= 15 is 0 Å². The quantitative estimate of drug-likeness (QED) is 0.406. The number of hydrogen-bond acceptors (Lipinski definition) is 4. The van der Waals surface area contributed by atoms with Crippen molar-refractivity contribution in [2.75, 3.05) is 6.61 Å². The van der Waals surface area contributed by atoms with E-state index < -0.39 is 11.7 Å². The second-order valence-corrected chi connectivity index (χ2v) is 3.72. The Morgan fingerprint density at radius 3 is 2.86 bits per heavy atom. The number of hydrogen-bond donors (Lipinski definition) is 1. The summed E-state index contributed by atoms with van der Waals surface area (Å²) in [6.45, 7) is 1.86. The molecule has 0 bridgehead atoms. The first-order chi connectivity index (χ1) is 6.65. The van der Waals surface area contributed by atoms with E-state index in [2.05, 4.69) is 4.74 Å². The molecule has 2 atom stereocenters. The van der Waals surface area contributed by atoms with Crippen molar-refractivity contribution < 1.29 is 19.4 Å². The van der Waals surface area contributed by atoms with Gasteiger partial charge in [0, 0.05) is 11.5 Å². The van der Waals surface area contributed by atoms with Crippen LogP contribution in [-0.2, 0) is 14.3 Å². The molecule has 4 heteroatoms. The summed E-state index contributed by atoms with van der Waals surface area (Å²) in [5.41, 5.74) is 0.268. The molecule has 0 aromatic heterocycles. The molecule has 0 amide bonds. The van der Waals surface area contributed by atoms with Crippen LogP contribution in [-0.4, -0.2) is 23.5 Å². The Morgan fingerprint density at radius 1 is 1.64 bits per heavy atom. The van der Waals surface area contributed by atoms with E-state index in [0.717, 1.165) is 6.42 Å². The minimum atomic E-state index is -0.780. The molecule has 0 saturated heterocycles. The predicted octanol–water partition coefficient (Wildman–Crippen LogP) is 0.971. The van der Waals surface area contributed by atoms with Crippen molar-refractivity contribution in [3.63, 3.8) is 0 Å². The molecule has 0 unspecified atom stereocenters. The van der Waals surface area contributed by atoms with Crippen LogP contribution in [0.25, 0.3) is 0 Å². The predicted molar refractivity (Wildman–Crippen MR) is 47.5 cm³/mol. The molecule has 76 valence electrons. The van der Waals surface area contributed by atoms with Crippen LogP contribution < -0.4 is 0 Å². The second kappa shape index (κ2) is 3.12. The maximum Gasteiger partial charge on any atom is 0.373 e. The third-order valence-electron chi connectivity index (χ3n) is 2.78. The number of esters is 1. The number of Topliss-reactive ketones (excluding diaryl/α,β-unsaturated/α-hetero) is 1. The maximum atomic E-state index is 11.5. The fourth-order valence-corrected chi connectivity index (χ4v) is 1.92. The van der Waals surface area contributed by atoms with Gasteiger partial charge in [0.1, 0.15) is 0 Å². The molecule has 0 radical (unpaired) electrons. The highest BCUT2D eigenvalue weighted by Gasteiger charge is 2.52. The third-order valence-corrected chi connectivity index (χ3v) is 2.78. The van der Waals surface area contributed by atoms with Crippen molar-refractivity contribution in [3.8, 4) is 0 Å². The molecule has 14 heavy (non-hydrogen) atoms. The van der Waals surface area contributed by atoms with Gasteiger partial charge in [-0.15, -0.1) is 0 Å². The summed E-state index contributed by atoms with van der Waals surface area (Å²) in [6.07, 6.45) is 1.45. The van der Waals surface area contributed by atoms with E-state index in [-0.39, 0.29) is 23.9 Å². The first-order valence-corrected chi connectivity index (χ1v) is 4.78. The highest BCUT2D eigenvalue weighted by Crippen LogP contribution is 2.52. The lowest BCUT2D eigenvalue weighted by molar-refractivity contribution is -0.142. The molecular weight excluding hydrogens is 184 g/mol. The lowest BCUT2D eigenvalue weighted by Crippen LogP contribution is -2.13. The average Bonchev–Trinajstić information content (AvgIpc) is 2.86. The monoisotopic (exact) mass is 196 g/mol. The SMILES string of the molecule is CCOC(=O)C(O)=C1C[C@H]2C[C@H]2C1=O. The van der Waals surface area contributed by atoms with E-state index in [4.69, 9.17) is 0 Å². The number of carbonyl (C=O) groups excluding carboxylic acids is 2. The minimum Gasteiger partial charge on any atom is -0.502 e.